The van der Waals surface area contributed by atoms with Crippen LogP contribution < -0.4 is 0 Å². The van der Waals surface area contributed by atoms with Gasteiger partial charge >= 0.3 is 0 Å². The molecule has 72 valence electrons. The molecular weight excluding hydrogens is 180 g/mol. The van der Waals surface area contributed by atoms with E-state index < -0.39 is 0 Å². The minimum absolute atomic E-state index is 0.932. The summed E-state index contributed by atoms with van der Waals surface area (Å²) in [5, 5.41) is 0.932. The molecule has 0 bridgehead atoms. The average molecular weight is 197 g/mol. The van der Waals surface area contributed by atoms with E-state index in [2.05, 4.69) is 32.9 Å². The average Bonchev–Trinajstić information content (AvgIpc) is 2.11. The van der Waals surface area contributed by atoms with E-state index in [1.165, 1.54) is 16.7 Å². The van der Waals surface area contributed by atoms with Crippen molar-refractivity contribution in [2.75, 3.05) is 0 Å². The molecule has 1 heteroatoms. The Morgan fingerprint density at radius 3 is 2.77 bits per heavy atom. The molecular formula is C12H17Cl. The third-order valence-corrected chi connectivity index (χ3v) is 2.93. The first-order chi connectivity index (χ1) is 6.13. The van der Waals surface area contributed by atoms with Gasteiger partial charge in [-0.05, 0) is 44.8 Å². The largest absolute Gasteiger partial charge is 0.0844 e. The fourth-order valence-corrected chi connectivity index (χ4v) is 1.58. The fraction of sp³-hybridized carbons (Fsp3) is 0.500. The van der Waals surface area contributed by atoms with E-state index in [4.69, 9.17) is 11.6 Å². The van der Waals surface area contributed by atoms with Crippen LogP contribution >= 0.6 is 11.6 Å². The number of rotatable bonds is 2. The third kappa shape index (κ3) is 3.04. The molecule has 0 aliphatic heterocycles. The van der Waals surface area contributed by atoms with Crippen LogP contribution in [0, 0.1) is 0 Å². The summed E-state index contributed by atoms with van der Waals surface area (Å²) in [6.45, 7) is 6.45. The van der Waals surface area contributed by atoms with Gasteiger partial charge in [0.05, 0.1) is 0 Å². The predicted octanol–water partition coefficient (Wildman–Crippen LogP) is 4.58. The van der Waals surface area contributed by atoms with Gasteiger partial charge in [-0.15, -0.1) is 0 Å². The molecule has 0 nitrogen and oxygen atoms in total. The summed E-state index contributed by atoms with van der Waals surface area (Å²) in [4.78, 5) is 0. The Labute approximate surface area is 86.0 Å². The second-order valence-electron chi connectivity index (χ2n) is 3.69. The van der Waals surface area contributed by atoms with Crippen LogP contribution in [-0.2, 0) is 0 Å². The Bertz CT molecular complexity index is 279. The molecule has 0 aromatic heterocycles. The van der Waals surface area contributed by atoms with E-state index in [0.29, 0.717) is 0 Å². The van der Waals surface area contributed by atoms with Crippen molar-refractivity contribution in [2.45, 2.75) is 40.0 Å². The maximum absolute atomic E-state index is 6.06. The molecule has 1 rings (SSSR count). The molecule has 0 saturated heterocycles. The van der Waals surface area contributed by atoms with Crippen molar-refractivity contribution >= 4 is 11.6 Å². The van der Waals surface area contributed by atoms with Crippen LogP contribution in [0.4, 0.5) is 0 Å². The third-order valence-electron chi connectivity index (χ3n) is 2.50. The van der Waals surface area contributed by atoms with E-state index in [1.54, 1.807) is 0 Å². The normalized spacial score (nSPS) is 19.1. The maximum Gasteiger partial charge on any atom is 0.0398 e. The quantitative estimate of drug-likeness (QED) is 0.607. The van der Waals surface area contributed by atoms with Crippen molar-refractivity contribution in [1.82, 2.24) is 0 Å². The highest BCUT2D eigenvalue weighted by Gasteiger charge is 2.06. The van der Waals surface area contributed by atoms with Gasteiger partial charge in [0.2, 0.25) is 0 Å². The summed E-state index contributed by atoms with van der Waals surface area (Å²) in [7, 11) is 0. The second kappa shape index (κ2) is 4.66. The Morgan fingerprint density at radius 1 is 1.54 bits per heavy atom. The van der Waals surface area contributed by atoms with Gasteiger partial charge in [0.15, 0.2) is 0 Å². The molecule has 1 aliphatic rings. The minimum Gasteiger partial charge on any atom is -0.0844 e. The Kier molecular flexibility index (Phi) is 3.80. The van der Waals surface area contributed by atoms with Crippen LogP contribution in [-0.4, -0.2) is 0 Å². The van der Waals surface area contributed by atoms with Crippen LogP contribution in [0.3, 0.4) is 0 Å². The van der Waals surface area contributed by atoms with Gasteiger partial charge in [-0.3, -0.25) is 0 Å². The molecule has 0 unspecified atom stereocenters. The molecule has 0 aromatic carbocycles. The van der Waals surface area contributed by atoms with Gasteiger partial charge in [-0.25, -0.2) is 0 Å². The highest BCUT2D eigenvalue weighted by Crippen LogP contribution is 2.27. The number of halogens is 1. The Morgan fingerprint density at radius 2 is 2.23 bits per heavy atom. The first-order valence-electron chi connectivity index (χ1n) is 4.86. The summed E-state index contributed by atoms with van der Waals surface area (Å²) < 4.78 is 0. The molecule has 0 spiro atoms. The van der Waals surface area contributed by atoms with Crippen molar-refractivity contribution in [2.24, 2.45) is 0 Å². The molecule has 0 atom stereocenters. The van der Waals surface area contributed by atoms with Gasteiger partial charge in [-0.2, -0.15) is 0 Å². The molecule has 13 heavy (non-hydrogen) atoms. The van der Waals surface area contributed by atoms with Crippen molar-refractivity contribution < 1.29 is 0 Å². The van der Waals surface area contributed by atoms with Crippen molar-refractivity contribution in [3.63, 3.8) is 0 Å². The Balaban J connectivity index is 2.80. The van der Waals surface area contributed by atoms with E-state index in [-0.39, 0.29) is 0 Å². The smallest absolute Gasteiger partial charge is 0.0398 e. The first-order valence-corrected chi connectivity index (χ1v) is 5.24. The lowest BCUT2D eigenvalue weighted by Gasteiger charge is -2.12. The highest BCUT2D eigenvalue weighted by molar-refractivity contribution is 6.31. The van der Waals surface area contributed by atoms with Crippen LogP contribution in [0.15, 0.2) is 33.9 Å². The number of allylic oxidation sites excluding steroid dienone is 6. The van der Waals surface area contributed by atoms with Crippen molar-refractivity contribution in [1.29, 1.82) is 0 Å². The monoisotopic (exact) mass is 196 g/mol. The highest BCUT2D eigenvalue weighted by atomic mass is 35.5. The van der Waals surface area contributed by atoms with E-state index in [9.17, 15) is 0 Å². The van der Waals surface area contributed by atoms with Gasteiger partial charge in [0, 0.05) is 5.03 Å². The maximum atomic E-state index is 6.06. The summed E-state index contributed by atoms with van der Waals surface area (Å²) in [6.07, 6.45) is 7.73. The van der Waals surface area contributed by atoms with E-state index in [0.717, 1.165) is 24.3 Å². The van der Waals surface area contributed by atoms with Crippen LogP contribution in [0.2, 0.25) is 0 Å². The topological polar surface area (TPSA) is 0 Å². The zero-order valence-electron chi connectivity index (χ0n) is 8.65. The standard InChI is InChI=1S/C12H17Cl/c1-4-9(2)7-11-6-5-10(3)12(13)8-11/h7-8H,4-6H2,1-3H3/b9-7-. The summed E-state index contributed by atoms with van der Waals surface area (Å²) in [6, 6.07) is 0. The predicted molar refractivity (Wildman–Crippen MR) is 59.9 cm³/mol. The molecule has 0 N–H and O–H groups in total. The summed E-state index contributed by atoms with van der Waals surface area (Å²) in [5.74, 6) is 0. The SMILES string of the molecule is CC/C(C)=C\C1=CC(Cl)=C(C)CC1. The lowest BCUT2D eigenvalue weighted by atomic mass is 9.97. The van der Waals surface area contributed by atoms with Crippen molar-refractivity contribution in [3.8, 4) is 0 Å². The van der Waals surface area contributed by atoms with Crippen LogP contribution in [0.1, 0.15) is 40.0 Å². The number of hydrogen-bond donors (Lipinski definition) is 0. The molecule has 0 amide bonds. The number of hydrogen-bond acceptors (Lipinski definition) is 0. The molecule has 0 heterocycles. The molecule has 0 saturated carbocycles. The minimum atomic E-state index is 0.932. The van der Waals surface area contributed by atoms with Crippen molar-refractivity contribution in [3.05, 3.63) is 33.9 Å². The van der Waals surface area contributed by atoms with E-state index in [1.807, 2.05) is 0 Å². The summed E-state index contributed by atoms with van der Waals surface area (Å²) >= 11 is 6.06. The zero-order chi connectivity index (χ0) is 9.84. The molecule has 0 radical (unpaired) electrons. The fourth-order valence-electron chi connectivity index (χ4n) is 1.34. The van der Waals surface area contributed by atoms with Crippen LogP contribution in [0.25, 0.3) is 0 Å². The second-order valence-corrected chi connectivity index (χ2v) is 4.10. The molecule has 0 fully saturated rings. The van der Waals surface area contributed by atoms with Gasteiger partial charge in [0.25, 0.3) is 0 Å². The van der Waals surface area contributed by atoms with Gasteiger partial charge < -0.3 is 0 Å². The van der Waals surface area contributed by atoms with Gasteiger partial charge in [-0.1, -0.05) is 35.7 Å². The molecule has 0 aromatic rings. The first kappa shape index (κ1) is 10.6. The summed E-state index contributed by atoms with van der Waals surface area (Å²) in [5.41, 5.74) is 4.11. The lowest BCUT2D eigenvalue weighted by Crippen LogP contribution is -1.92. The zero-order valence-corrected chi connectivity index (χ0v) is 9.41. The lowest BCUT2D eigenvalue weighted by molar-refractivity contribution is 0.916. The molecule has 1 aliphatic carbocycles. The van der Waals surface area contributed by atoms with Crippen LogP contribution in [0.5, 0.6) is 0 Å². The Hall–Kier alpha value is -0.490. The van der Waals surface area contributed by atoms with E-state index >= 15 is 0 Å². The van der Waals surface area contributed by atoms with Gasteiger partial charge in [0.1, 0.15) is 0 Å².